The largest absolute Gasteiger partial charge is 0.452 e. The van der Waals surface area contributed by atoms with E-state index in [2.05, 4.69) is 0 Å². The average Bonchev–Trinajstić information content (AvgIpc) is 2.92. The van der Waals surface area contributed by atoms with Crippen LogP contribution in [-0.2, 0) is 26.0 Å². The molecule has 162 valence electrons. The summed E-state index contributed by atoms with van der Waals surface area (Å²) in [7, 11) is -3.38. The third-order valence-corrected chi connectivity index (χ3v) is 5.95. The number of amides is 1. The van der Waals surface area contributed by atoms with Gasteiger partial charge in [0.2, 0.25) is 10.0 Å². The number of hydrogen-bond donors (Lipinski definition) is 0. The van der Waals surface area contributed by atoms with Gasteiger partial charge in [0.25, 0.3) is 5.91 Å². The molecular formula is C21H32N2O5S. The quantitative estimate of drug-likeness (QED) is 0.599. The van der Waals surface area contributed by atoms with E-state index in [-0.39, 0.29) is 18.6 Å². The second-order valence-electron chi connectivity index (χ2n) is 8.62. The maximum Gasteiger partial charge on any atom is 0.338 e. The predicted molar refractivity (Wildman–Crippen MR) is 113 cm³/mol. The van der Waals surface area contributed by atoms with Gasteiger partial charge in [-0.1, -0.05) is 27.7 Å². The second kappa shape index (κ2) is 9.15. The summed E-state index contributed by atoms with van der Waals surface area (Å²) in [5.41, 5.74) is 1.69. The van der Waals surface area contributed by atoms with Crippen LogP contribution in [-0.4, -0.2) is 57.2 Å². The summed E-state index contributed by atoms with van der Waals surface area (Å²) in [4.78, 5) is 26.7. The van der Waals surface area contributed by atoms with Crippen molar-refractivity contribution in [2.45, 2.75) is 47.1 Å². The van der Waals surface area contributed by atoms with Gasteiger partial charge in [-0.3, -0.25) is 9.10 Å². The molecule has 2 rings (SSSR count). The lowest BCUT2D eigenvalue weighted by Crippen LogP contribution is -2.39. The Morgan fingerprint density at radius 1 is 1.17 bits per heavy atom. The molecule has 1 unspecified atom stereocenters. The predicted octanol–water partition coefficient (Wildman–Crippen LogP) is 2.69. The monoisotopic (exact) mass is 424 g/mol. The molecule has 0 aromatic heterocycles. The van der Waals surface area contributed by atoms with E-state index in [0.717, 1.165) is 5.56 Å². The number of fused-ring (bicyclic) bond motifs is 1. The lowest BCUT2D eigenvalue weighted by atomic mass is 10.1. The van der Waals surface area contributed by atoms with Crippen LogP contribution < -0.4 is 4.31 Å². The van der Waals surface area contributed by atoms with Gasteiger partial charge in [-0.15, -0.1) is 0 Å². The highest BCUT2D eigenvalue weighted by atomic mass is 32.2. The first kappa shape index (κ1) is 23.2. The van der Waals surface area contributed by atoms with E-state index < -0.39 is 16.0 Å². The van der Waals surface area contributed by atoms with Gasteiger partial charge in [0.05, 0.1) is 17.5 Å². The highest BCUT2D eigenvalue weighted by Crippen LogP contribution is 2.34. The molecule has 0 spiro atoms. The molecule has 1 aliphatic heterocycles. The first-order valence-electron chi connectivity index (χ1n) is 9.97. The van der Waals surface area contributed by atoms with Gasteiger partial charge in [-0.05, 0) is 48.9 Å². The molecule has 0 aliphatic carbocycles. The third kappa shape index (κ3) is 5.95. The van der Waals surface area contributed by atoms with Crippen molar-refractivity contribution in [2.75, 3.05) is 30.3 Å². The van der Waals surface area contributed by atoms with Crippen LogP contribution in [0.5, 0.6) is 0 Å². The van der Waals surface area contributed by atoms with Crippen LogP contribution in [0.15, 0.2) is 18.2 Å². The Bertz CT molecular complexity index is 854. The third-order valence-electron chi connectivity index (χ3n) is 4.68. The molecular weight excluding hydrogens is 392 g/mol. The molecule has 0 saturated heterocycles. The van der Waals surface area contributed by atoms with Gasteiger partial charge in [0, 0.05) is 19.1 Å². The van der Waals surface area contributed by atoms with Gasteiger partial charge >= 0.3 is 5.97 Å². The van der Waals surface area contributed by atoms with E-state index in [4.69, 9.17) is 4.74 Å². The van der Waals surface area contributed by atoms with Crippen LogP contribution in [0.25, 0.3) is 0 Å². The minimum Gasteiger partial charge on any atom is -0.452 e. The summed E-state index contributed by atoms with van der Waals surface area (Å²) in [5, 5.41) is 0. The number of sulfonamides is 1. The Labute approximate surface area is 174 Å². The number of rotatable bonds is 8. The molecule has 1 aromatic rings. The van der Waals surface area contributed by atoms with Gasteiger partial charge in [0.1, 0.15) is 0 Å². The van der Waals surface area contributed by atoms with Crippen molar-refractivity contribution < 1.29 is 22.7 Å². The first-order chi connectivity index (χ1) is 13.4. The highest BCUT2D eigenvalue weighted by molar-refractivity contribution is 7.92. The molecule has 0 N–H and O–H groups in total. The van der Waals surface area contributed by atoms with Crippen LogP contribution in [0.3, 0.4) is 0 Å². The first-order valence-corrected chi connectivity index (χ1v) is 11.8. The Balaban J connectivity index is 2.07. The van der Waals surface area contributed by atoms with Crippen molar-refractivity contribution in [3.8, 4) is 0 Å². The van der Waals surface area contributed by atoms with Crippen molar-refractivity contribution in [3.63, 3.8) is 0 Å². The highest BCUT2D eigenvalue weighted by Gasteiger charge is 2.33. The summed E-state index contributed by atoms with van der Waals surface area (Å²) in [6.45, 7) is 10.9. The van der Waals surface area contributed by atoms with E-state index in [1.165, 1.54) is 10.6 Å². The maximum absolute atomic E-state index is 12.5. The number of esters is 1. The van der Waals surface area contributed by atoms with E-state index in [0.29, 0.717) is 42.6 Å². The zero-order valence-corrected chi connectivity index (χ0v) is 19.0. The molecule has 0 fully saturated rings. The van der Waals surface area contributed by atoms with E-state index >= 15 is 0 Å². The number of anilines is 1. The summed E-state index contributed by atoms with van der Waals surface area (Å²) in [6, 6.07) is 4.63. The van der Waals surface area contributed by atoms with Crippen LogP contribution >= 0.6 is 0 Å². The average molecular weight is 425 g/mol. The smallest absolute Gasteiger partial charge is 0.338 e. The lowest BCUT2D eigenvalue weighted by Gasteiger charge is -2.26. The number of benzene rings is 1. The molecule has 1 amide bonds. The fourth-order valence-electron chi connectivity index (χ4n) is 3.70. The van der Waals surface area contributed by atoms with Crippen LogP contribution in [0.2, 0.25) is 0 Å². The zero-order valence-electron chi connectivity index (χ0n) is 18.1. The molecule has 8 heteroatoms. The molecule has 0 saturated carbocycles. The van der Waals surface area contributed by atoms with Crippen LogP contribution in [0.1, 0.15) is 50.5 Å². The number of ether oxygens (including phenoxy) is 1. The van der Waals surface area contributed by atoms with Crippen molar-refractivity contribution in [3.05, 3.63) is 29.3 Å². The number of carbonyl (C=O) groups excluding carboxylic acids is 2. The molecule has 1 atom stereocenters. The van der Waals surface area contributed by atoms with Crippen molar-refractivity contribution in [1.82, 2.24) is 4.90 Å². The standard InChI is InChI=1S/C21H32N2O5S/c1-14(2)11-22(12-15(3)4)20(24)13-28-21(25)17-7-8-19-18(10-17)9-16(5)23(19)29(6,26)27/h7-8,10,14-16H,9,11-13H2,1-6H3. The molecule has 29 heavy (non-hydrogen) atoms. The zero-order chi connectivity index (χ0) is 21.9. The van der Waals surface area contributed by atoms with Crippen LogP contribution in [0, 0.1) is 11.8 Å². The Morgan fingerprint density at radius 3 is 2.28 bits per heavy atom. The van der Waals surface area contributed by atoms with E-state index in [1.54, 1.807) is 23.1 Å². The van der Waals surface area contributed by atoms with Gasteiger partial charge in [0.15, 0.2) is 6.61 Å². The maximum atomic E-state index is 12.5. The molecule has 1 aliphatic rings. The molecule has 1 heterocycles. The lowest BCUT2D eigenvalue weighted by molar-refractivity contribution is -0.135. The number of nitrogens with zero attached hydrogens (tertiary/aromatic N) is 2. The summed E-state index contributed by atoms with van der Waals surface area (Å²) in [5.74, 6) is -0.144. The van der Waals surface area contributed by atoms with Crippen LogP contribution in [0.4, 0.5) is 5.69 Å². The van der Waals surface area contributed by atoms with Crippen molar-refractivity contribution in [1.29, 1.82) is 0 Å². The summed E-state index contributed by atoms with van der Waals surface area (Å²) >= 11 is 0. The van der Waals surface area contributed by atoms with E-state index in [1.807, 2.05) is 34.6 Å². The fraction of sp³-hybridized carbons (Fsp3) is 0.619. The fourth-order valence-corrected chi connectivity index (χ4v) is 4.96. The minimum atomic E-state index is -3.38. The van der Waals surface area contributed by atoms with Gasteiger partial charge in [-0.2, -0.15) is 0 Å². The van der Waals surface area contributed by atoms with E-state index in [9.17, 15) is 18.0 Å². The second-order valence-corrected chi connectivity index (χ2v) is 10.5. The minimum absolute atomic E-state index is 0.200. The summed E-state index contributed by atoms with van der Waals surface area (Å²) < 4.78 is 30.6. The SMILES string of the molecule is CC(C)CN(CC(C)C)C(=O)COC(=O)c1ccc2c(c1)CC(C)N2S(C)(=O)=O. The van der Waals surface area contributed by atoms with Gasteiger partial charge in [-0.25, -0.2) is 13.2 Å². The Morgan fingerprint density at radius 2 is 1.76 bits per heavy atom. The van der Waals surface area contributed by atoms with Crippen molar-refractivity contribution >= 4 is 27.6 Å². The molecule has 7 nitrogen and oxygen atoms in total. The van der Waals surface area contributed by atoms with Crippen molar-refractivity contribution in [2.24, 2.45) is 11.8 Å². The topological polar surface area (TPSA) is 84.0 Å². The molecule has 0 bridgehead atoms. The Hall–Kier alpha value is -2.09. The number of hydrogen-bond acceptors (Lipinski definition) is 5. The Kier molecular flexibility index (Phi) is 7.32. The number of carbonyl (C=O) groups is 2. The van der Waals surface area contributed by atoms with Gasteiger partial charge < -0.3 is 9.64 Å². The normalized spacial score (nSPS) is 16.3. The summed E-state index contributed by atoms with van der Waals surface area (Å²) in [6.07, 6.45) is 1.70. The molecule has 0 radical (unpaired) electrons. The molecule has 1 aromatic carbocycles.